The Morgan fingerprint density at radius 3 is 2.33 bits per heavy atom. The van der Waals surface area contributed by atoms with Gasteiger partial charge in [0.25, 0.3) is 15.9 Å². The summed E-state index contributed by atoms with van der Waals surface area (Å²) in [5, 5.41) is 5.88. The van der Waals surface area contributed by atoms with Crippen molar-refractivity contribution in [3.8, 4) is 11.5 Å². The van der Waals surface area contributed by atoms with E-state index in [2.05, 4.69) is 10.1 Å². The van der Waals surface area contributed by atoms with Gasteiger partial charge in [-0.3, -0.25) is 9.10 Å². The van der Waals surface area contributed by atoms with Crippen molar-refractivity contribution in [2.45, 2.75) is 37.7 Å². The highest BCUT2D eigenvalue weighted by molar-refractivity contribution is 7.92. The normalized spacial score (nSPS) is 11.9. The molecular weight excluding hydrogens is 597 g/mol. The summed E-state index contributed by atoms with van der Waals surface area (Å²) in [6, 6.07) is 24.4. The molecule has 0 bridgehead atoms. The van der Waals surface area contributed by atoms with Crippen molar-refractivity contribution < 1.29 is 22.5 Å². The largest absolute Gasteiger partial charge is 0.459 e. The molecule has 0 atom stereocenters. The Labute approximate surface area is 253 Å². The Balaban J connectivity index is 1.54. The van der Waals surface area contributed by atoms with Gasteiger partial charge in [0.05, 0.1) is 10.6 Å². The van der Waals surface area contributed by atoms with Crippen LogP contribution in [0.4, 0.5) is 5.69 Å². The third kappa shape index (κ3) is 6.75. The van der Waals surface area contributed by atoms with E-state index in [9.17, 15) is 13.2 Å². The molecule has 0 radical (unpaired) electrons. The van der Waals surface area contributed by atoms with Crippen LogP contribution in [0.2, 0.25) is 10.0 Å². The van der Waals surface area contributed by atoms with E-state index in [0.717, 1.165) is 15.3 Å². The Kier molecular flexibility index (Phi) is 8.28. The van der Waals surface area contributed by atoms with E-state index in [4.69, 9.17) is 32.5 Å². The highest BCUT2D eigenvalue weighted by Gasteiger charge is 2.30. The zero-order chi connectivity index (χ0) is 30.1. The number of carbonyl (C=O) groups excluding carboxylic acids is 1. The summed E-state index contributed by atoms with van der Waals surface area (Å²) in [6.45, 7) is 4.56. The molecule has 1 heterocycles. The first-order valence-corrected chi connectivity index (χ1v) is 15.2. The van der Waals surface area contributed by atoms with Gasteiger partial charge in [-0.15, -0.1) is 0 Å². The van der Waals surface area contributed by atoms with Crippen LogP contribution in [0.5, 0.6) is 0 Å². The number of fused-ring (bicyclic) bond motifs is 1. The summed E-state index contributed by atoms with van der Waals surface area (Å²) < 4.78 is 39.8. The van der Waals surface area contributed by atoms with Gasteiger partial charge in [-0.25, -0.2) is 8.42 Å². The molecule has 0 aliphatic rings. The first kappa shape index (κ1) is 29.6. The average molecular weight is 625 g/mol. The number of hydrogen-bond donors (Lipinski definition) is 0. The summed E-state index contributed by atoms with van der Waals surface area (Å²) >= 11 is 12.2. The third-order valence-corrected chi connectivity index (χ3v) is 8.36. The lowest BCUT2D eigenvalue weighted by Crippen LogP contribution is -2.39. The predicted molar refractivity (Wildman–Crippen MR) is 163 cm³/mol. The van der Waals surface area contributed by atoms with Crippen LogP contribution >= 0.6 is 23.2 Å². The number of rotatable bonds is 8. The van der Waals surface area contributed by atoms with Gasteiger partial charge in [-0.2, -0.15) is 4.98 Å². The number of hydrogen-bond acceptors (Lipinski definition) is 7. The van der Waals surface area contributed by atoms with Gasteiger partial charge in [0.1, 0.15) is 12.1 Å². The van der Waals surface area contributed by atoms with Gasteiger partial charge in [-0.05, 0) is 73.5 Å². The maximum atomic E-state index is 13.9. The van der Waals surface area contributed by atoms with Crippen molar-refractivity contribution >= 4 is 55.7 Å². The van der Waals surface area contributed by atoms with Crippen LogP contribution in [-0.2, 0) is 26.0 Å². The van der Waals surface area contributed by atoms with E-state index in [1.165, 1.54) is 18.2 Å². The summed E-state index contributed by atoms with van der Waals surface area (Å²) in [5.74, 6) is 0.163. The number of nitrogens with zero attached hydrogens (tertiary/aromatic N) is 3. The zero-order valence-corrected chi connectivity index (χ0v) is 25.4. The van der Waals surface area contributed by atoms with Gasteiger partial charge in [-0.1, -0.05) is 76.9 Å². The monoisotopic (exact) mass is 623 g/mol. The van der Waals surface area contributed by atoms with E-state index < -0.39 is 28.1 Å². The molecule has 8 nitrogen and oxygen atoms in total. The first-order chi connectivity index (χ1) is 19.9. The molecule has 0 spiro atoms. The lowest BCUT2D eigenvalue weighted by molar-refractivity contribution is -0.152. The first-order valence-electron chi connectivity index (χ1n) is 13.0. The molecular formula is C31H27Cl2N3O5S. The van der Waals surface area contributed by atoms with E-state index >= 15 is 0 Å². The van der Waals surface area contributed by atoms with E-state index in [-0.39, 0.29) is 20.6 Å². The third-order valence-electron chi connectivity index (χ3n) is 6.17. The van der Waals surface area contributed by atoms with Gasteiger partial charge in [0, 0.05) is 22.0 Å². The Morgan fingerprint density at radius 1 is 0.929 bits per heavy atom. The number of aromatic nitrogens is 2. The van der Waals surface area contributed by atoms with E-state index in [0.29, 0.717) is 29.1 Å². The number of carbonyl (C=O) groups is 1. The minimum Gasteiger partial charge on any atom is -0.459 e. The van der Waals surface area contributed by atoms with E-state index in [1.807, 2.05) is 48.5 Å². The second-order valence-corrected chi connectivity index (χ2v) is 13.3. The maximum absolute atomic E-state index is 13.9. The van der Waals surface area contributed by atoms with Gasteiger partial charge in [0.2, 0.25) is 0 Å². The molecule has 42 heavy (non-hydrogen) atoms. The summed E-state index contributed by atoms with van der Waals surface area (Å²) in [6.07, 6.45) is 0.518. The van der Waals surface area contributed by atoms with Crippen LogP contribution in [-0.4, -0.2) is 36.7 Å². The minimum atomic E-state index is -4.28. The van der Waals surface area contributed by atoms with Crippen molar-refractivity contribution in [1.82, 2.24) is 10.1 Å². The zero-order valence-electron chi connectivity index (χ0n) is 23.0. The van der Waals surface area contributed by atoms with Crippen LogP contribution in [0.3, 0.4) is 0 Å². The molecule has 5 rings (SSSR count). The van der Waals surface area contributed by atoms with E-state index in [1.54, 1.807) is 39.0 Å². The van der Waals surface area contributed by atoms with Crippen molar-refractivity contribution in [1.29, 1.82) is 0 Å². The molecule has 0 unspecified atom stereocenters. The average Bonchev–Trinajstić information content (AvgIpc) is 3.38. The molecule has 0 aliphatic heterocycles. The Morgan fingerprint density at radius 2 is 1.64 bits per heavy atom. The van der Waals surface area contributed by atoms with Gasteiger partial charge >= 0.3 is 5.97 Å². The SMILES string of the molecule is CC(C)(C)OC(=O)CN(c1ccc2c(-c3nc(Cc4ccccc4)no3)cccc2c1)S(=O)(=O)c1cc(Cl)cc(Cl)c1. The molecule has 4 aromatic carbocycles. The summed E-state index contributed by atoms with van der Waals surface area (Å²) in [4.78, 5) is 17.3. The number of benzene rings is 4. The number of sulfonamides is 1. The van der Waals surface area contributed by atoms with Crippen molar-refractivity contribution in [3.05, 3.63) is 106 Å². The van der Waals surface area contributed by atoms with Crippen molar-refractivity contribution in [2.75, 3.05) is 10.8 Å². The molecule has 1 aromatic heterocycles. The number of ether oxygens (including phenoxy) is 1. The number of halogens is 2. The molecule has 0 N–H and O–H groups in total. The fraction of sp³-hybridized carbons (Fsp3) is 0.194. The van der Waals surface area contributed by atoms with Crippen molar-refractivity contribution in [2.24, 2.45) is 0 Å². The Hall–Kier alpha value is -3.92. The fourth-order valence-corrected chi connectivity index (χ4v) is 6.57. The molecule has 0 amide bonds. The molecule has 0 saturated carbocycles. The molecule has 0 aliphatic carbocycles. The van der Waals surface area contributed by atoms with Crippen LogP contribution in [0.25, 0.3) is 22.2 Å². The summed E-state index contributed by atoms with van der Waals surface area (Å²) in [7, 11) is -4.28. The molecule has 0 saturated heterocycles. The highest BCUT2D eigenvalue weighted by Crippen LogP contribution is 2.34. The van der Waals surface area contributed by atoms with Gasteiger partial charge in [0.15, 0.2) is 5.82 Å². The molecule has 5 aromatic rings. The summed E-state index contributed by atoms with van der Waals surface area (Å²) in [5.41, 5.74) is 1.18. The molecule has 11 heteroatoms. The lowest BCUT2D eigenvalue weighted by atomic mass is 10.0. The van der Waals surface area contributed by atoms with Crippen molar-refractivity contribution in [3.63, 3.8) is 0 Å². The second kappa shape index (κ2) is 11.8. The maximum Gasteiger partial charge on any atom is 0.327 e. The standard InChI is InChI=1S/C31H27Cl2N3O5S/c1-31(2,3)40-29(37)19-36(42(38,39)25-17-22(32)16-23(33)18-25)24-12-13-26-21(15-24)10-7-11-27(26)30-34-28(35-41-30)14-20-8-5-4-6-9-20/h4-13,15-18H,14,19H2,1-3H3. The molecule has 216 valence electrons. The smallest absolute Gasteiger partial charge is 0.327 e. The topological polar surface area (TPSA) is 103 Å². The molecule has 0 fully saturated rings. The fourth-order valence-electron chi connectivity index (χ4n) is 4.44. The Bertz CT molecular complexity index is 1850. The van der Waals surface area contributed by atoms with Crippen LogP contribution in [0.15, 0.2) is 94.3 Å². The number of anilines is 1. The van der Waals surface area contributed by atoms with Crippen LogP contribution < -0.4 is 4.31 Å². The van der Waals surface area contributed by atoms with Gasteiger partial charge < -0.3 is 9.26 Å². The second-order valence-electron chi connectivity index (χ2n) is 10.6. The highest BCUT2D eigenvalue weighted by atomic mass is 35.5. The lowest BCUT2D eigenvalue weighted by Gasteiger charge is -2.27. The minimum absolute atomic E-state index is 0.146. The van der Waals surface area contributed by atoms with Crippen LogP contribution in [0.1, 0.15) is 32.2 Å². The predicted octanol–water partition coefficient (Wildman–Crippen LogP) is 7.32. The van der Waals surface area contributed by atoms with Crippen LogP contribution in [0, 0.1) is 0 Å². The number of esters is 1. The quantitative estimate of drug-likeness (QED) is 0.167.